The van der Waals surface area contributed by atoms with Gasteiger partial charge in [0.25, 0.3) is 0 Å². The van der Waals surface area contributed by atoms with E-state index in [-0.39, 0.29) is 11.9 Å². The molecule has 0 unspecified atom stereocenters. The number of anilines is 2. The molecular formula is C26H27FN6OS. The van der Waals surface area contributed by atoms with E-state index >= 15 is 4.39 Å². The molecule has 35 heavy (non-hydrogen) atoms. The normalized spacial score (nSPS) is 15.7. The summed E-state index contributed by atoms with van der Waals surface area (Å²) in [6.45, 7) is 3.64. The van der Waals surface area contributed by atoms with Crippen molar-refractivity contribution in [3.05, 3.63) is 66.2 Å². The summed E-state index contributed by atoms with van der Waals surface area (Å²) in [6, 6.07) is 13.4. The van der Waals surface area contributed by atoms with Gasteiger partial charge in [0.1, 0.15) is 5.75 Å². The largest absolute Gasteiger partial charge is 0.437 e. The molecule has 1 atom stereocenters. The summed E-state index contributed by atoms with van der Waals surface area (Å²) in [5, 5.41) is 8.35. The molecule has 2 aromatic heterocycles. The van der Waals surface area contributed by atoms with Gasteiger partial charge in [-0.25, -0.2) is 19.3 Å². The van der Waals surface area contributed by atoms with E-state index < -0.39 is 0 Å². The van der Waals surface area contributed by atoms with Crippen LogP contribution in [0, 0.1) is 12.7 Å². The first-order chi connectivity index (χ1) is 17.2. The minimum Gasteiger partial charge on any atom is -0.437 e. The lowest BCUT2D eigenvalue weighted by Gasteiger charge is -2.23. The van der Waals surface area contributed by atoms with Crippen LogP contribution in [-0.2, 0) is 0 Å². The van der Waals surface area contributed by atoms with Crippen LogP contribution < -0.4 is 20.1 Å². The third-order valence-electron chi connectivity index (χ3n) is 6.07. The van der Waals surface area contributed by atoms with Gasteiger partial charge in [0, 0.05) is 47.6 Å². The molecule has 0 saturated carbocycles. The SMILES string of the molecule is CSNc1c(F)c(C)c(Oc2ncccc2-c2ccnc(N[C@H]3CCCNC3)n2)c2ccccc12. The van der Waals surface area contributed by atoms with E-state index in [1.165, 1.54) is 11.9 Å². The molecule has 7 nitrogen and oxygen atoms in total. The van der Waals surface area contributed by atoms with Crippen LogP contribution in [0.1, 0.15) is 18.4 Å². The van der Waals surface area contributed by atoms with Gasteiger partial charge in [0.05, 0.1) is 16.9 Å². The lowest BCUT2D eigenvalue weighted by Crippen LogP contribution is -2.38. The Balaban J connectivity index is 1.52. The monoisotopic (exact) mass is 490 g/mol. The molecule has 3 heterocycles. The van der Waals surface area contributed by atoms with E-state index in [0.29, 0.717) is 40.1 Å². The number of nitrogens with zero attached hydrogens (tertiary/aromatic N) is 3. The highest BCUT2D eigenvalue weighted by atomic mass is 32.2. The molecule has 1 saturated heterocycles. The first kappa shape index (κ1) is 23.3. The van der Waals surface area contributed by atoms with Crippen LogP contribution in [0.3, 0.4) is 0 Å². The van der Waals surface area contributed by atoms with Crippen LogP contribution in [-0.4, -0.2) is 40.3 Å². The molecule has 5 rings (SSSR count). The number of rotatable bonds is 7. The molecule has 180 valence electrons. The van der Waals surface area contributed by atoms with E-state index in [1.807, 2.05) is 48.7 Å². The van der Waals surface area contributed by atoms with Crippen LogP contribution in [0.2, 0.25) is 0 Å². The molecule has 0 aliphatic carbocycles. The molecule has 3 N–H and O–H groups in total. The van der Waals surface area contributed by atoms with Crippen molar-refractivity contribution in [2.24, 2.45) is 0 Å². The molecule has 1 aliphatic rings. The molecule has 1 aliphatic heterocycles. The van der Waals surface area contributed by atoms with E-state index in [4.69, 9.17) is 9.72 Å². The van der Waals surface area contributed by atoms with E-state index in [2.05, 4.69) is 25.3 Å². The van der Waals surface area contributed by atoms with Gasteiger partial charge in [0.2, 0.25) is 11.8 Å². The third kappa shape index (κ3) is 4.87. The maximum Gasteiger partial charge on any atom is 0.228 e. The molecular weight excluding hydrogens is 463 g/mol. The van der Waals surface area contributed by atoms with Gasteiger partial charge in [-0.2, -0.15) is 0 Å². The van der Waals surface area contributed by atoms with Gasteiger partial charge in [-0.15, -0.1) is 0 Å². The van der Waals surface area contributed by atoms with Crippen molar-refractivity contribution >= 4 is 34.4 Å². The fourth-order valence-corrected chi connectivity index (χ4v) is 4.74. The maximum absolute atomic E-state index is 15.4. The number of hydrogen-bond donors (Lipinski definition) is 3. The van der Waals surface area contributed by atoms with Crippen LogP contribution in [0.15, 0.2) is 54.9 Å². The molecule has 4 aromatic rings. The van der Waals surface area contributed by atoms with Crippen molar-refractivity contribution in [3.63, 3.8) is 0 Å². The molecule has 0 spiro atoms. The second-order valence-corrected chi connectivity index (χ2v) is 9.02. The summed E-state index contributed by atoms with van der Waals surface area (Å²) < 4.78 is 24.8. The second-order valence-electron chi connectivity index (χ2n) is 8.41. The quantitative estimate of drug-likeness (QED) is 0.281. The molecule has 2 aromatic carbocycles. The maximum atomic E-state index is 15.4. The number of fused-ring (bicyclic) bond motifs is 1. The third-order valence-corrected chi connectivity index (χ3v) is 6.47. The second kappa shape index (κ2) is 10.5. The Bertz CT molecular complexity index is 1340. The molecule has 0 bridgehead atoms. The van der Waals surface area contributed by atoms with E-state index in [9.17, 15) is 0 Å². The zero-order chi connectivity index (χ0) is 24.2. The van der Waals surface area contributed by atoms with Crippen molar-refractivity contribution < 1.29 is 9.13 Å². The van der Waals surface area contributed by atoms with Gasteiger partial charge in [0.15, 0.2) is 5.82 Å². The number of halogens is 1. The Hall–Kier alpha value is -3.43. The van der Waals surface area contributed by atoms with Gasteiger partial charge >= 0.3 is 0 Å². The first-order valence-electron chi connectivity index (χ1n) is 11.6. The van der Waals surface area contributed by atoms with Crippen molar-refractivity contribution in [3.8, 4) is 22.9 Å². The molecule has 0 radical (unpaired) electrons. The average Bonchev–Trinajstić information content (AvgIpc) is 2.90. The number of aromatic nitrogens is 3. The summed E-state index contributed by atoms with van der Waals surface area (Å²) in [5.41, 5.74) is 2.24. The Labute approximate surface area is 208 Å². The lowest BCUT2D eigenvalue weighted by atomic mass is 10.0. The fourth-order valence-electron chi connectivity index (χ4n) is 4.34. The zero-order valence-electron chi connectivity index (χ0n) is 19.6. The predicted octanol–water partition coefficient (Wildman–Crippen LogP) is 5.79. The summed E-state index contributed by atoms with van der Waals surface area (Å²) in [4.78, 5) is 13.6. The van der Waals surface area contributed by atoms with Gasteiger partial charge in [-0.05, 0) is 44.5 Å². The number of nitrogens with one attached hydrogen (secondary N) is 3. The minimum absolute atomic E-state index is 0.286. The summed E-state index contributed by atoms with van der Waals surface area (Å²) in [7, 11) is 0. The zero-order valence-corrected chi connectivity index (χ0v) is 20.5. The Kier molecular flexibility index (Phi) is 6.96. The van der Waals surface area contributed by atoms with Gasteiger partial charge in [-0.3, -0.25) is 0 Å². The number of ether oxygens (including phenoxy) is 1. The Morgan fingerprint density at radius 3 is 2.74 bits per heavy atom. The van der Waals surface area contributed by atoms with Crippen molar-refractivity contribution in [1.82, 2.24) is 20.3 Å². The number of piperidine rings is 1. The molecule has 0 amide bonds. The van der Waals surface area contributed by atoms with E-state index in [1.54, 1.807) is 19.3 Å². The Morgan fingerprint density at radius 1 is 1.09 bits per heavy atom. The highest BCUT2D eigenvalue weighted by Gasteiger charge is 2.21. The van der Waals surface area contributed by atoms with Crippen molar-refractivity contribution in [2.45, 2.75) is 25.8 Å². The van der Waals surface area contributed by atoms with Gasteiger partial charge in [-0.1, -0.05) is 36.2 Å². The first-order valence-corrected chi connectivity index (χ1v) is 12.8. The lowest BCUT2D eigenvalue weighted by molar-refractivity contribution is 0.461. The predicted molar refractivity (Wildman–Crippen MR) is 141 cm³/mol. The Morgan fingerprint density at radius 2 is 1.94 bits per heavy atom. The van der Waals surface area contributed by atoms with Gasteiger partial charge < -0.3 is 20.1 Å². The molecule has 1 fully saturated rings. The van der Waals surface area contributed by atoms with E-state index in [0.717, 1.165) is 36.7 Å². The van der Waals surface area contributed by atoms with Crippen LogP contribution in [0.5, 0.6) is 11.6 Å². The van der Waals surface area contributed by atoms with Crippen molar-refractivity contribution in [1.29, 1.82) is 0 Å². The number of pyridine rings is 1. The highest BCUT2D eigenvalue weighted by molar-refractivity contribution is 7.99. The minimum atomic E-state index is -0.347. The van der Waals surface area contributed by atoms with Crippen LogP contribution in [0.25, 0.3) is 22.0 Å². The molecule has 9 heteroatoms. The topological polar surface area (TPSA) is 84.0 Å². The number of hydrogen-bond acceptors (Lipinski definition) is 8. The summed E-state index contributed by atoms with van der Waals surface area (Å²) in [5.74, 6) is 1.01. The fraction of sp³-hybridized carbons (Fsp3) is 0.269. The van der Waals surface area contributed by atoms with Crippen molar-refractivity contribution in [2.75, 3.05) is 29.4 Å². The summed E-state index contributed by atoms with van der Waals surface area (Å²) in [6.07, 6.45) is 7.43. The van der Waals surface area contributed by atoms with Crippen LogP contribution >= 0.6 is 11.9 Å². The number of benzene rings is 2. The highest BCUT2D eigenvalue weighted by Crippen LogP contribution is 2.42. The standard InChI is InChI=1S/C26H27FN6OS/c1-16-22(27)23(33-35-2)18-8-3-4-9-19(18)24(16)34-25-20(10-6-13-29-25)21-11-14-30-26(32-21)31-17-7-5-12-28-15-17/h3-4,6,8-11,13-14,17,28,33H,5,7,12,15H2,1-2H3,(H,30,31,32)/t17-/m0/s1. The average molecular weight is 491 g/mol. The smallest absolute Gasteiger partial charge is 0.228 e. The van der Waals surface area contributed by atoms with Crippen LogP contribution in [0.4, 0.5) is 16.0 Å². The summed E-state index contributed by atoms with van der Waals surface area (Å²) >= 11 is 1.35.